The van der Waals surface area contributed by atoms with Crippen molar-refractivity contribution in [3.63, 3.8) is 0 Å². The van der Waals surface area contributed by atoms with Crippen molar-refractivity contribution >= 4 is 11.5 Å². The number of nitrogens with zero attached hydrogens (tertiary/aromatic N) is 2. The molecule has 14 heavy (non-hydrogen) atoms. The molecule has 1 aromatic heterocycles. The molecule has 0 bridgehead atoms. The Balaban J connectivity index is 2.49. The van der Waals surface area contributed by atoms with E-state index in [1.165, 1.54) is 10.9 Å². The van der Waals surface area contributed by atoms with E-state index in [-0.39, 0.29) is 5.75 Å². The number of nitrogen functional groups attached to an aromatic ring is 2. The van der Waals surface area contributed by atoms with Gasteiger partial charge in [-0.3, -0.25) is 0 Å². The number of anilines is 2. The number of rotatable bonds is 1. The van der Waals surface area contributed by atoms with Crippen LogP contribution in [0.1, 0.15) is 0 Å². The van der Waals surface area contributed by atoms with Crippen LogP contribution >= 0.6 is 0 Å². The van der Waals surface area contributed by atoms with Crippen molar-refractivity contribution in [2.24, 2.45) is 0 Å². The number of benzene rings is 1. The van der Waals surface area contributed by atoms with Gasteiger partial charge in [-0.25, -0.2) is 4.68 Å². The van der Waals surface area contributed by atoms with Gasteiger partial charge in [0.05, 0.1) is 17.6 Å². The van der Waals surface area contributed by atoms with Gasteiger partial charge in [0.15, 0.2) is 0 Å². The number of hydrogen-bond acceptors (Lipinski definition) is 4. The minimum atomic E-state index is 0.201. The van der Waals surface area contributed by atoms with Crippen molar-refractivity contribution in [3.8, 4) is 11.4 Å². The summed E-state index contributed by atoms with van der Waals surface area (Å²) in [7, 11) is 0. The highest BCUT2D eigenvalue weighted by molar-refractivity contribution is 5.60. The predicted octanol–water partition coefficient (Wildman–Crippen LogP) is 0.742. The summed E-state index contributed by atoms with van der Waals surface area (Å²) in [6, 6.07) is 6.54. The van der Waals surface area contributed by atoms with E-state index in [4.69, 9.17) is 16.6 Å². The third-order valence-corrected chi connectivity index (χ3v) is 1.93. The molecule has 0 aliphatic heterocycles. The Morgan fingerprint density at radius 2 is 1.79 bits per heavy atom. The lowest BCUT2D eigenvalue weighted by atomic mass is 10.3. The number of phenolic OH excluding ortho intramolecular Hbond substituents is 1. The van der Waals surface area contributed by atoms with Gasteiger partial charge in [0, 0.05) is 0 Å². The molecule has 5 nitrogen and oxygen atoms in total. The van der Waals surface area contributed by atoms with Crippen LogP contribution in [-0.2, 0) is 0 Å². The quantitative estimate of drug-likeness (QED) is 0.618. The minimum absolute atomic E-state index is 0.201. The fraction of sp³-hybridized carbons (Fsp3) is 0. The van der Waals surface area contributed by atoms with Gasteiger partial charge >= 0.3 is 0 Å². The van der Waals surface area contributed by atoms with Crippen molar-refractivity contribution in [2.75, 3.05) is 11.5 Å². The second-order valence-corrected chi connectivity index (χ2v) is 2.91. The van der Waals surface area contributed by atoms with E-state index in [1.807, 2.05) is 0 Å². The molecule has 0 atom stereocenters. The van der Waals surface area contributed by atoms with Crippen LogP contribution in [0.5, 0.6) is 5.75 Å². The van der Waals surface area contributed by atoms with Crippen molar-refractivity contribution in [3.05, 3.63) is 30.5 Å². The maximum absolute atomic E-state index is 9.09. The standard InChI is InChI=1S/C9H10N4O/c10-8-5-12-13(9(8)11)6-1-3-7(14)4-2-6/h1-5,14H,10-11H2. The zero-order valence-electron chi connectivity index (χ0n) is 7.38. The van der Waals surface area contributed by atoms with Gasteiger partial charge in [-0.2, -0.15) is 5.10 Å². The molecule has 2 rings (SSSR count). The van der Waals surface area contributed by atoms with E-state index >= 15 is 0 Å². The molecule has 1 aromatic carbocycles. The SMILES string of the molecule is Nc1cnn(-c2ccc(O)cc2)c1N. The second-order valence-electron chi connectivity index (χ2n) is 2.91. The molecule has 2 aromatic rings. The first-order valence-corrected chi connectivity index (χ1v) is 4.07. The molecule has 0 saturated carbocycles. The summed E-state index contributed by atoms with van der Waals surface area (Å²) in [5, 5.41) is 13.1. The molecule has 0 spiro atoms. The van der Waals surface area contributed by atoms with Crippen LogP contribution in [0.3, 0.4) is 0 Å². The fourth-order valence-electron chi connectivity index (χ4n) is 1.17. The van der Waals surface area contributed by atoms with Crippen LogP contribution in [0.15, 0.2) is 30.5 Å². The van der Waals surface area contributed by atoms with Gasteiger partial charge in [-0.1, -0.05) is 0 Å². The van der Waals surface area contributed by atoms with E-state index in [1.54, 1.807) is 24.3 Å². The average molecular weight is 190 g/mol. The largest absolute Gasteiger partial charge is 0.508 e. The van der Waals surface area contributed by atoms with Crippen molar-refractivity contribution in [2.45, 2.75) is 0 Å². The first-order chi connectivity index (χ1) is 6.68. The van der Waals surface area contributed by atoms with Crippen molar-refractivity contribution in [1.82, 2.24) is 9.78 Å². The van der Waals surface area contributed by atoms with Crippen LogP contribution in [0.25, 0.3) is 5.69 Å². The zero-order chi connectivity index (χ0) is 10.1. The van der Waals surface area contributed by atoms with Gasteiger partial charge in [0.25, 0.3) is 0 Å². The van der Waals surface area contributed by atoms with E-state index in [0.717, 1.165) is 5.69 Å². The summed E-state index contributed by atoms with van der Waals surface area (Å²) >= 11 is 0. The molecule has 0 radical (unpaired) electrons. The minimum Gasteiger partial charge on any atom is -0.508 e. The topological polar surface area (TPSA) is 90.1 Å². The molecule has 0 aliphatic rings. The third kappa shape index (κ3) is 1.24. The summed E-state index contributed by atoms with van der Waals surface area (Å²) in [5.74, 6) is 0.600. The summed E-state index contributed by atoms with van der Waals surface area (Å²) < 4.78 is 1.51. The average Bonchev–Trinajstić information content (AvgIpc) is 2.50. The Labute approximate surface area is 80.6 Å². The molecular formula is C9H10N4O. The molecule has 0 amide bonds. The Morgan fingerprint density at radius 1 is 1.14 bits per heavy atom. The van der Waals surface area contributed by atoms with E-state index in [2.05, 4.69) is 5.10 Å². The Bertz CT molecular complexity index is 446. The first kappa shape index (κ1) is 8.43. The molecule has 5 N–H and O–H groups in total. The normalized spacial score (nSPS) is 10.3. The van der Waals surface area contributed by atoms with Gasteiger partial charge < -0.3 is 16.6 Å². The molecule has 1 heterocycles. The molecular weight excluding hydrogens is 180 g/mol. The van der Waals surface area contributed by atoms with Gasteiger partial charge in [-0.15, -0.1) is 0 Å². The molecule has 0 unspecified atom stereocenters. The Morgan fingerprint density at radius 3 is 2.29 bits per heavy atom. The highest BCUT2D eigenvalue weighted by Crippen LogP contribution is 2.19. The third-order valence-electron chi connectivity index (χ3n) is 1.93. The van der Waals surface area contributed by atoms with E-state index in [0.29, 0.717) is 11.5 Å². The van der Waals surface area contributed by atoms with E-state index < -0.39 is 0 Å². The summed E-state index contributed by atoms with van der Waals surface area (Å²) in [4.78, 5) is 0. The number of aromatic nitrogens is 2. The Hall–Kier alpha value is -2.17. The smallest absolute Gasteiger partial charge is 0.150 e. The van der Waals surface area contributed by atoms with Gasteiger partial charge in [-0.05, 0) is 24.3 Å². The first-order valence-electron chi connectivity index (χ1n) is 4.07. The molecule has 0 fully saturated rings. The number of nitrogens with two attached hydrogens (primary N) is 2. The van der Waals surface area contributed by atoms with Gasteiger partial charge in [0.2, 0.25) is 0 Å². The lowest BCUT2D eigenvalue weighted by Crippen LogP contribution is -2.02. The number of hydrogen-bond donors (Lipinski definition) is 3. The summed E-state index contributed by atoms with van der Waals surface area (Å²) in [6.07, 6.45) is 1.49. The highest BCUT2D eigenvalue weighted by atomic mass is 16.3. The molecule has 0 saturated heterocycles. The Kier molecular flexibility index (Phi) is 1.78. The molecule has 0 aliphatic carbocycles. The van der Waals surface area contributed by atoms with E-state index in [9.17, 15) is 0 Å². The van der Waals surface area contributed by atoms with Crippen LogP contribution in [0.2, 0.25) is 0 Å². The van der Waals surface area contributed by atoms with Crippen LogP contribution in [0, 0.1) is 0 Å². The zero-order valence-corrected chi connectivity index (χ0v) is 7.38. The second kappa shape index (κ2) is 2.95. The fourth-order valence-corrected chi connectivity index (χ4v) is 1.17. The van der Waals surface area contributed by atoms with Gasteiger partial charge in [0.1, 0.15) is 11.6 Å². The maximum Gasteiger partial charge on any atom is 0.150 e. The maximum atomic E-state index is 9.09. The summed E-state index contributed by atoms with van der Waals surface area (Å²) in [5.41, 5.74) is 12.4. The number of aromatic hydroxyl groups is 1. The molecule has 5 heteroatoms. The molecule has 72 valence electrons. The van der Waals surface area contributed by atoms with Crippen molar-refractivity contribution in [1.29, 1.82) is 0 Å². The monoisotopic (exact) mass is 190 g/mol. The lowest BCUT2D eigenvalue weighted by Gasteiger charge is -2.03. The van der Waals surface area contributed by atoms with Crippen LogP contribution < -0.4 is 11.5 Å². The van der Waals surface area contributed by atoms with Crippen LogP contribution in [0.4, 0.5) is 11.5 Å². The number of phenols is 1. The lowest BCUT2D eigenvalue weighted by molar-refractivity contribution is 0.475. The van der Waals surface area contributed by atoms with Crippen LogP contribution in [-0.4, -0.2) is 14.9 Å². The predicted molar refractivity (Wildman–Crippen MR) is 54.1 cm³/mol. The van der Waals surface area contributed by atoms with Crippen molar-refractivity contribution < 1.29 is 5.11 Å². The summed E-state index contributed by atoms with van der Waals surface area (Å²) in [6.45, 7) is 0. The highest BCUT2D eigenvalue weighted by Gasteiger charge is 2.05.